The number of nitrogens with zero attached hydrogens (tertiary/aromatic N) is 1. The molecule has 1 heterocycles. The Bertz CT molecular complexity index is 554. The Morgan fingerprint density at radius 1 is 1.50 bits per heavy atom. The van der Waals surface area contributed by atoms with Gasteiger partial charge in [0.05, 0.1) is 11.2 Å². The minimum Gasteiger partial charge on any atom is -0.477 e. The lowest BCUT2D eigenvalue weighted by Crippen LogP contribution is -1.95. The molecule has 1 aromatic carbocycles. The monoisotopic (exact) mass is 300 g/mol. The van der Waals surface area contributed by atoms with Gasteiger partial charge in [-0.3, -0.25) is 0 Å². The summed E-state index contributed by atoms with van der Waals surface area (Å²) in [4.78, 5) is 17.3. The summed E-state index contributed by atoms with van der Waals surface area (Å²) in [5.41, 5.74) is 0.700. The summed E-state index contributed by atoms with van der Waals surface area (Å²) in [6.45, 7) is 0. The van der Waals surface area contributed by atoms with E-state index >= 15 is 0 Å². The maximum atomic E-state index is 10.7. The second kappa shape index (κ2) is 4.27. The first-order chi connectivity index (χ1) is 7.58. The van der Waals surface area contributed by atoms with Gasteiger partial charge in [0.2, 0.25) is 0 Å². The molecule has 0 bridgehead atoms. The third-order valence-corrected chi connectivity index (χ3v) is 2.80. The topological polar surface area (TPSA) is 66.0 Å². The first-order valence-corrected chi connectivity index (χ1v) is 5.49. The van der Waals surface area contributed by atoms with Gasteiger partial charge < -0.3 is 10.1 Å². The van der Waals surface area contributed by atoms with Gasteiger partial charge in [-0.15, -0.1) is 0 Å². The van der Waals surface area contributed by atoms with E-state index in [9.17, 15) is 4.79 Å². The van der Waals surface area contributed by atoms with E-state index < -0.39 is 5.97 Å². The number of imidazole rings is 1. The number of H-pyrrole nitrogens is 1. The molecule has 0 aliphatic rings. The second-order valence-corrected chi connectivity index (χ2v) is 4.40. The molecule has 0 aliphatic carbocycles. The van der Waals surface area contributed by atoms with E-state index in [1.54, 1.807) is 12.1 Å². The van der Waals surface area contributed by atoms with E-state index in [1.807, 2.05) is 6.07 Å². The molecule has 0 radical (unpaired) electrons. The van der Waals surface area contributed by atoms with Crippen LogP contribution in [-0.4, -0.2) is 21.0 Å². The van der Waals surface area contributed by atoms with Crippen molar-refractivity contribution in [2.75, 3.05) is 0 Å². The molecular weight excluding hydrogens is 295 g/mol. The molecule has 0 unspecified atom stereocenters. The zero-order valence-corrected chi connectivity index (χ0v) is 10.2. The Morgan fingerprint density at radius 2 is 2.25 bits per heavy atom. The number of nitrogens with one attached hydrogen (secondary N) is 1. The molecule has 0 saturated heterocycles. The van der Waals surface area contributed by atoms with Crippen molar-refractivity contribution in [3.63, 3.8) is 0 Å². The van der Waals surface area contributed by atoms with Crippen LogP contribution in [0.1, 0.15) is 10.5 Å². The lowest BCUT2D eigenvalue weighted by atomic mass is 10.2. The largest absolute Gasteiger partial charge is 0.477 e. The predicted molar refractivity (Wildman–Crippen MR) is 63.7 cm³/mol. The normalized spacial score (nSPS) is 10.4. The Morgan fingerprint density at radius 3 is 2.81 bits per heavy atom. The maximum absolute atomic E-state index is 10.7. The number of halogens is 2. The summed E-state index contributed by atoms with van der Waals surface area (Å²) in [6, 6.07) is 5.29. The molecular formula is C10H6BrClN2O2. The number of hydrogen-bond donors (Lipinski definition) is 2. The third kappa shape index (κ3) is 2.10. The van der Waals surface area contributed by atoms with Gasteiger partial charge in [-0.1, -0.05) is 27.5 Å². The van der Waals surface area contributed by atoms with E-state index in [0.29, 0.717) is 16.4 Å². The van der Waals surface area contributed by atoms with Crippen molar-refractivity contribution >= 4 is 33.5 Å². The fourth-order valence-corrected chi connectivity index (χ4v) is 2.01. The summed E-state index contributed by atoms with van der Waals surface area (Å²) >= 11 is 9.30. The summed E-state index contributed by atoms with van der Waals surface area (Å²) in [5, 5.41) is 9.25. The number of rotatable bonds is 2. The standard InChI is InChI=1S/C10H6BrClN2O2/c11-5-1-2-6(7(12)3-5)9-13-4-8(14-9)10(15)16/h1-4H,(H,13,14)(H,15,16). The van der Waals surface area contributed by atoms with Crippen molar-refractivity contribution in [3.8, 4) is 11.4 Å². The maximum Gasteiger partial charge on any atom is 0.353 e. The highest BCUT2D eigenvalue weighted by atomic mass is 79.9. The Kier molecular flexibility index (Phi) is 2.98. The van der Waals surface area contributed by atoms with Crippen molar-refractivity contribution in [1.29, 1.82) is 0 Å². The predicted octanol–water partition coefficient (Wildman–Crippen LogP) is 3.19. The van der Waals surface area contributed by atoms with Crippen LogP contribution in [0.4, 0.5) is 0 Å². The van der Waals surface area contributed by atoms with Gasteiger partial charge in [-0.25, -0.2) is 9.78 Å². The van der Waals surface area contributed by atoms with Gasteiger partial charge in [0.1, 0.15) is 11.5 Å². The zero-order chi connectivity index (χ0) is 11.7. The number of carboxylic acid groups (broad SMARTS) is 1. The van der Waals surface area contributed by atoms with Gasteiger partial charge in [-0.2, -0.15) is 0 Å². The number of aromatic nitrogens is 2. The van der Waals surface area contributed by atoms with Crippen LogP contribution in [-0.2, 0) is 0 Å². The average Bonchev–Trinajstić information content (AvgIpc) is 2.66. The smallest absolute Gasteiger partial charge is 0.353 e. The Labute approximate surface area is 104 Å². The summed E-state index contributed by atoms with van der Waals surface area (Å²) < 4.78 is 0.853. The molecule has 2 aromatic rings. The number of aromatic carboxylic acids is 1. The molecule has 82 valence electrons. The molecule has 0 fully saturated rings. The second-order valence-electron chi connectivity index (χ2n) is 3.07. The molecule has 0 aliphatic heterocycles. The summed E-state index contributed by atoms with van der Waals surface area (Å²) in [7, 11) is 0. The molecule has 0 saturated carbocycles. The lowest BCUT2D eigenvalue weighted by Gasteiger charge is -2.00. The minimum atomic E-state index is -1.05. The highest BCUT2D eigenvalue weighted by molar-refractivity contribution is 9.10. The molecule has 2 rings (SSSR count). The van der Waals surface area contributed by atoms with Crippen LogP contribution < -0.4 is 0 Å². The summed E-state index contributed by atoms with van der Waals surface area (Å²) in [5.74, 6) is -0.609. The quantitative estimate of drug-likeness (QED) is 0.895. The van der Waals surface area contributed by atoms with Crippen LogP contribution in [0, 0.1) is 0 Å². The van der Waals surface area contributed by atoms with Crippen LogP contribution in [0.15, 0.2) is 28.9 Å². The van der Waals surface area contributed by atoms with Crippen LogP contribution in [0.3, 0.4) is 0 Å². The van der Waals surface area contributed by atoms with Gasteiger partial charge in [-0.05, 0) is 18.2 Å². The highest BCUT2D eigenvalue weighted by Gasteiger charge is 2.11. The lowest BCUT2D eigenvalue weighted by molar-refractivity contribution is 0.0691. The molecule has 1 aromatic heterocycles. The fraction of sp³-hybridized carbons (Fsp3) is 0. The van der Waals surface area contributed by atoms with Gasteiger partial charge in [0, 0.05) is 10.0 Å². The van der Waals surface area contributed by atoms with Gasteiger partial charge in [0.15, 0.2) is 0 Å². The molecule has 6 heteroatoms. The highest BCUT2D eigenvalue weighted by Crippen LogP contribution is 2.28. The van der Waals surface area contributed by atoms with Crippen molar-refractivity contribution in [1.82, 2.24) is 9.97 Å². The van der Waals surface area contributed by atoms with Crippen LogP contribution >= 0.6 is 27.5 Å². The molecule has 0 spiro atoms. The number of aromatic amines is 1. The summed E-state index contributed by atoms with van der Waals surface area (Å²) in [6.07, 6.45) is 1.26. The van der Waals surface area contributed by atoms with E-state index in [1.165, 1.54) is 6.20 Å². The van der Waals surface area contributed by atoms with Crippen LogP contribution in [0.2, 0.25) is 5.02 Å². The number of carbonyl (C=O) groups is 1. The van der Waals surface area contributed by atoms with Crippen LogP contribution in [0.5, 0.6) is 0 Å². The number of carboxylic acids is 1. The van der Waals surface area contributed by atoms with Gasteiger partial charge in [0.25, 0.3) is 0 Å². The average molecular weight is 302 g/mol. The molecule has 2 N–H and O–H groups in total. The Balaban J connectivity index is 2.46. The van der Waals surface area contributed by atoms with E-state index in [4.69, 9.17) is 16.7 Å². The van der Waals surface area contributed by atoms with Gasteiger partial charge >= 0.3 is 5.97 Å². The minimum absolute atomic E-state index is 0.0361. The van der Waals surface area contributed by atoms with Crippen molar-refractivity contribution in [2.45, 2.75) is 0 Å². The van der Waals surface area contributed by atoms with Crippen molar-refractivity contribution in [3.05, 3.63) is 39.6 Å². The number of benzene rings is 1. The van der Waals surface area contributed by atoms with E-state index in [2.05, 4.69) is 25.9 Å². The van der Waals surface area contributed by atoms with Crippen molar-refractivity contribution < 1.29 is 9.90 Å². The SMILES string of the molecule is O=C(O)c1cnc(-c2ccc(Br)cc2Cl)[nH]1. The molecule has 0 amide bonds. The molecule has 16 heavy (non-hydrogen) atoms. The third-order valence-electron chi connectivity index (χ3n) is 1.99. The van der Waals surface area contributed by atoms with Crippen LogP contribution in [0.25, 0.3) is 11.4 Å². The van der Waals surface area contributed by atoms with E-state index in [0.717, 1.165) is 4.47 Å². The first-order valence-electron chi connectivity index (χ1n) is 4.31. The molecule has 4 nitrogen and oxygen atoms in total. The van der Waals surface area contributed by atoms with Crippen molar-refractivity contribution in [2.24, 2.45) is 0 Å². The molecule has 0 atom stereocenters. The Hall–Kier alpha value is -1.33. The van der Waals surface area contributed by atoms with E-state index in [-0.39, 0.29) is 5.69 Å². The zero-order valence-electron chi connectivity index (χ0n) is 7.87. The number of hydrogen-bond acceptors (Lipinski definition) is 2. The first kappa shape index (κ1) is 11.2. The fourth-order valence-electron chi connectivity index (χ4n) is 1.25.